The first-order valence-corrected chi connectivity index (χ1v) is 9.20. The molecule has 134 valence electrons. The van der Waals surface area contributed by atoms with E-state index in [-0.39, 0.29) is 11.9 Å². The summed E-state index contributed by atoms with van der Waals surface area (Å²) >= 11 is 0. The molecule has 2 aromatic rings. The van der Waals surface area contributed by atoms with Gasteiger partial charge in [-0.1, -0.05) is 44.2 Å². The van der Waals surface area contributed by atoms with Gasteiger partial charge in [-0.2, -0.15) is 5.10 Å². The van der Waals surface area contributed by atoms with Crippen LogP contribution in [0.15, 0.2) is 48.8 Å². The molecule has 1 aliphatic heterocycles. The summed E-state index contributed by atoms with van der Waals surface area (Å²) in [7, 11) is 0. The number of hydrogen-bond donors (Lipinski definition) is 1. The predicted molar refractivity (Wildman–Crippen MR) is 99.3 cm³/mol. The maximum absolute atomic E-state index is 13.0. The average molecular weight is 340 g/mol. The molecule has 1 aromatic heterocycles. The highest BCUT2D eigenvalue weighted by atomic mass is 16.2. The molecule has 0 aliphatic carbocycles. The Balaban J connectivity index is 1.64. The molecule has 1 aliphatic rings. The van der Waals surface area contributed by atoms with Crippen molar-refractivity contribution in [3.05, 3.63) is 54.4 Å². The van der Waals surface area contributed by atoms with Crippen LogP contribution in [0.25, 0.3) is 0 Å². The van der Waals surface area contributed by atoms with Gasteiger partial charge >= 0.3 is 0 Å². The first-order chi connectivity index (χ1) is 12.1. The third-order valence-corrected chi connectivity index (χ3v) is 4.71. The largest absolute Gasteiger partial charge is 0.351 e. The van der Waals surface area contributed by atoms with Crippen LogP contribution < -0.4 is 5.32 Å². The number of carbonyl (C=O) groups is 1. The first-order valence-electron chi connectivity index (χ1n) is 9.20. The molecule has 0 bridgehead atoms. The number of benzene rings is 1. The van der Waals surface area contributed by atoms with Gasteiger partial charge < -0.3 is 10.2 Å². The van der Waals surface area contributed by atoms with Crippen LogP contribution in [0.4, 0.5) is 0 Å². The number of amides is 1. The van der Waals surface area contributed by atoms with Crippen molar-refractivity contribution < 1.29 is 4.79 Å². The summed E-state index contributed by atoms with van der Waals surface area (Å²) in [6.45, 7) is 7.76. The Morgan fingerprint density at radius 1 is 1.20 bits per heavy atom. The summed E-state index contributed by atoms with van der Waals surface area (Å²) in [5.74, 6) is 0.714. The number of piperidine rings is 1. The fourth-order valence-electron chi connectivity index (χ4n) is 3.55. The lowest BCUT2D eigenvalue weighted by molar-refractivity contribution is -0.124. The average Bonchev–Trinajstić information content (AvgIpc) is 3.11. The van der Waals surface area contributed by atoms with Gasteiger partial charge in [-0.3, -0.25) is 9.48 Å². The van der Waals surface area contributed by atoms with Gasteiger partial charge in [0.15, 0.2) is 6.04 Å². The van der Waals surface area contributed by atoms with Gasteiger partial charge in [0, 0.05) is 38.1 Å². The fourth-order valence-corrected chi connectivity index (χ4v) is 3.55. The SMILES string of the molecule is CC(C)CN1CCC(NC(=O)[C@@H](c2ccccc2)n2cccn2)CC1. The molecule has 5 nitrogen and oxygen atoms in total. The van der Waals surface area contributed by atoms with Crippen molar-refractivity contribution >= 4 is 5.91 Å². The highest BCUT2D eigenvalue weighted by Gasteiger charge is 2.27. The zero-order valence-electron chi connectivity index (χ0n) is 15.1. The lowest BCUT2D eigenvalue weighted by Gasteiger charge is -2.34. The summed E-state index contributed by atoms with van der Waals surface area (Å²) in [5, 5.41) is 7.55. The Kier molecular flexibility index (Phi) is 5.87. The van der Waals surface area contributed by atoms with E-state index >= 15 is 0 Å². The molecule has 1 atom stereocenters. The Morgan fingerprint density at radius 3 is 2.52 bits per heavy atom. The van der Waals surface area contributed by atoms with E-state index in [0.717, 1.165) is 38.0 Å². The molecular formula is C20H28N4O. The van der Waals surface area contributed by atoms with Crippen molar-refractivity contribution in [1.82, 2.24) is 20.0 Å². The van der Waals surface area contributed by atoms with Crippen molar-refractivity contribution in [3.8, 4) is 0 Å². The Labute approximate surface area is 150 Å². The zero-order valence-corrected chi connectivity index (χ0v) is 15.1. The second-order valence-corrected chi connectivity index (χ2v) is 7.28. The fraction of sp³-hybridized carbons (Fsp3) is 0.500. The van der Waals surface area contributed by atoms with Crippen LogP contribution in [0.5, 0.6) is 0 Å². The summed E-state index contributed by atoms with van der Waals surface area (Å²) < 4.78 is 1.73. The van der Waals surface area contributed by atoms with E-state index in [1.165, 1.54) is 0 Å². The molecule has 0 unspecified atom stereocenters. The lowest BCUT2D eigenvalue weighted by Crippen LogP contribution is -2.47. The maximum atomic E-state index is 13.0. The van der Waals surface area contributed by atoms with E-state index in [0.29, 0.717) is 5.92 Å². The molecular weight excluding hydrogens is 312 g/mol. The smallest absolute Gasteiger partial charge is 0.249 e. The van der Waals surface area contributed by atoms with Gasteiger partial charge in [-0.05, 0) is 30.4 Å². The third-order valence-electron chi connectivity index (χ3n) is 4.71. The molecule has 25 heavy (non-hydrogen) atoms. The number of likely N-dealkylation sites (tertiary alicyclic amines) is 1. The van der Waals surface area contributed by atoms with Crippen LogP contribution in [0, 0.1) is 5.92 Å². The minimum absolute atomic E-state index is 0.0252. The van der Waals surface area contributed by atoms with Crippen molar-refractivity contribution in [2.24, 2.45) is 5.92 Å². The van der Waals surface area contributed by atoms with Crippen molar-refractivity contribution in [1.29, 1.82) is 0 Å². The molecule has 1 amide bonds. The first kappa shape index (κ1) is 17.7. The van der Waals surface area contributed by atoms with Gasteiger partial charge in [0.05, 0.1) is 0 Å². The third kappa shape index (κ3) is 4.69. The van der Waals surface area contributed by atoms with Crippen LogP contribution in [-0.4, -0.2) is 46.3 Å². The van der Waals surface area contributed by atoms with Gasteiger partial charge in [0.1, 0.15) is 0 Å². The molecule has 3 rings (SSSR count). The normalized spacial score (nSPS) is 17.6. The number of aromatic nitrogens is 2. The quantitative estimate of drug-likeness (QED) is 0.880. The van der Waals surface area contributed by atoms with Crippen molar-refractivity contribution in [2.75, 3.05) is 19.6 Å². The standard InChI is InChI=1S/C20H28N4O/c1-16(2)15-23-13-9-18(10-14-23)22-20(25)19(24-12-6-11-21-24)17-7-4-3-5-8-17/h3-8,11-12,16,18-19H,9-10,13-15H2,1-2H3,(H,22,25)/t19-/m1/s1. The molecule has 2 heterocycles. The van der Waals surface area contributed by atoms with Crippen LogP contribution >= 0.6 is 0 Å². The van der Waals surface area contributed by atoms with Gasteiger partial charge in [-0.15, -0.1) is 0 Å². The van der Waals surface area contributed by atoms with E-state index < -0.39 is 6.04 Å². The van der Waals surface area contributed by atoms with Gasteiger partial charge in [0.25, 0.3) is 0 Å². The summed E-state index contributed by atoms with van der Waals surface area (Å²) in [5.41, 5.74) is 0.959. The van der Waals surface area contributed by atoms with E-state index in [9.17, 15) is 4.79 Å². The van der Waals surface area contributed by atoms with E-state index in [4.69, 9.17) is 0 Å². The highest BCUT2D eigenvalue weighted by Crippen LogP contribution is 2.19. The zero-order chi connectivity index (χ0) is 17.6. The maximum Gasteiger partial charge on any atom is 0.249 e. The van der Waals surface area contributed by atoms with Gasteiger partial charge in [-0.25, -0.2) is 0 Å². The lowest BCUT2D eigenvalue weighted by atomic mass is 10.0. The summed E-state index contributed by atoms with van der Waals surface area (Å²) in [4.78, 5) is 15.5. The molecule has 0 spiro atoms. The molecule has 1 aromatic carbocycles. The van der Waals surface area contributed by atoms with Gasteiger partial charge in [0.2, 0.25) is 5.91 Å². The molecule has 0 saturated carbocycles. The topological polar surface area (TPSA) is 50.2 Å². The molecule has 5 heteroatoms. The van der Waals surface area contributed by atoms with Crippen LogP contribution in [0.2, 0.25) is 0 Å². The second-order valence-electron chi connectivity index (χ2n) is 7.28. The number of rotatable bonds is 6. The summed E-state index contributed by atoms with van der Waals surface area (Å²) in [6, 6.07) is 11.5. The number of carbonyl (C=O) groups excluding carboxylic acids is 1. The number of nitrogens with zero attached hydrogens (tertiary/aromatic N) is 3. The predicted octanol–water partition coefficient (Wildman–Crippen LogP) is 2.71. The highest BCUT2D eigenvalue weighted by molar-refractivity contribution is 5.83. The molecule has 1 fully saturated rings. The van der Waals surface area contributed by atoms with Crippen LogP contribution in [0.1, 0.15) is 38.3 Å². The second kappa shape index (κ2) is 8.30. The summed E-state index contributed by atoms with van der Waals surface area (Å²) in [6.07, 6.45) is 5.59. The Hall–Kier alpha value is -2.14. The van der Waals surface area contributed by atoms with Crippen molar-refractivity contribution in [3.63, 3.8) is 0 Å². The number of hydrogen-bond acceptors (Lipinski definition) is 3. The van der Waals surface area contributed by atoms with E-state index in [1.807, 2.05) is 42.6 Å². The van der Waals surface area contributed by atoms with Crippen LogP contribution in [0.3, 0.4) is 0 Å². The Morgan fingerprint density at radius 2 is 1.92 bits per heavy atom. The Bertz CT molecular complexity index is 646. The molecule has 0 radical (unpaired) electrons. The van der Waals surface area contributed by atoms with E-state index in [2.05, 4.69) is 29.2 Å². The van der Waals surface area contributed by atoms with E-state index in [1.54, 1.807) is 10.9 Å². The molecule has 1 saturated heterocycles. The van der Waals surface area contributed by atoms with Crippen LogP contribution in [-0.2, 0) is 4.79 Å². The minimum Gasteiger partial charge on any atom is -0.351 e. The monoisotopic (exact) mass is 340 g/mol. The molecule has 1 N–H and O–H groups in total. The minimum atomic E-state index is -0.412. The number of nitrogens with one attached hydrogen (secondary N) is 1. The van der Waals surface area contributed by atoms with Crippen molar-refractivity contribution in [2.45, 2.75) is 38.8 Å².